The van der Waals surface area contributed by atoms with Gasteiger partial charge < -0.3 is 14.7 Å². The normalized spacial score (nSPS) is 18.0. The molecular weight excluding hydrogens is 266 g/mol. The highest BCUT2D eigenvalue weighted by molar-refractivity contribution is 5.74. The van der Waals surface area contributed by atoms with Crippen LogP contribution in [0.5, 0.6) is 5.75 Å². The van der Waals surface area contributed by atoms with Crippen LogP contribution in [-0.2, 0) is 11.2 Å². The highest BCUT2D eigenvalue weighted by Crippen LogP contribution is 2.42. The Labute approximate surface area is 126 Å². The number of carboxylic acid groups (broad SMARTS) is 1. The number of carbonyl (C=O) groups is 1. The molecule has 1 unspecified atom stereocenters. The van der Waals surface area contributed by atoms with Crippen molar-refractivity contribution in [2.24, 2.45) is 5.41 Å². The Hall–Kier alpha value is -1.71. The number of hydrogen-bond acceptors (Lipinski definition) is 3. The summed E-state index contributed by atoms with van der Waals surface area (Å²) in [5.41, 5.74) is 1.64. The fourth-order valence-corrected chi connectivity index (χ4v) is 3.27. The quantitative estimate of drug-likeness (QED) is 0.904. The Kier molecular flexibility index (Phi) is 4.17. The number of nitrogens with zero attached hydrogens (tertiary/aromatic N) is 1. The van der Waals surface area contributed by atoms with E-state index in [1.807, 2.05) is 12.1 Å². The monoisotopic (exact) mass is 291 g/mol. The van der Waals surface area contributed by atoms with Crippen molar-refractivity contribution in [1.29, 1.82) is 0 Å². The zero-order valence-electron chi connectivity index (χ0n) is 13.5. The molecule has 0 amide bonds. The fourth-order valence-electron chi connectivity index (χ4n) is 3.27. The van der Waals surface area contributed by atoms with Crippen LogP contribution in [0.2, 0.25) is 0 Å². The lowest BCUT2D eigenvalue weighted by atomic mass is 9.84. The Morgan fingerprint density at radius 1 is 1.48 bits per heavy atom. The topological polar surface area (TPSA) is 49.8 Å². The molecule has 1 aliphatic heterocycles. The summed E-state index contributed by atoms with van der Waals surface area (Å²) in [4.78, 5) is 13.8. The van der Waals surface area contributed by atoms with Gasteiger partial charge in [-0.15, -0.1) is 0 Å². The first kappa shape index (κ1) is 15.7. The van der Waals surface area contributed by atoms with Crippen LogP contribution < -0.4 is 9.64 Å². The summed E-state index contributed by atoms with van der Waals surface area (Å²) in [5.74, 6) is 0.155. The number of anilines is 1. The molecule has 0 fully saturated rings. The maximum atomic E-state index is 11.4. The second-order valence-electron chi connectivity index (χ2n) is 6.71. The third-order valence-electron chi connectivity index (χ3n) is 4.32. The number of hydrogen-bond donors (Lipinski definition) is 1. The minimum absolute atomic E-state index is 0.197. The van der Waals surface area contributed by atoms with Gasteiger partial charge in [0, 0.05) is 23.3 Å². The Bertz CT molecular complexity index is 537. The molecule has 0 saturated carbocycles. The maximum Gasteiger partial charge on any atom is 0.309 e. The van der Waals surface area contributed by atoms with Gasteiger partial charge in [-0.25, -0.2) is 0 Å². The Balaban J connectivity index is 2.36. The number of rotatable bonds is 5. The van der Waals surface area contributed by atoms with Gasteiger partial charge in [0.1, 0.15) is 5.75 Å². The second kappa shape index (κ2) is 5.58. The first-order chi connectivity index (χ1) is 9.77. The summed E-state index contributed by atoms with van der Waals surface area (Å²) in [5, 5.41) is 9.40. The van der Waals surface area contributed by atoms with Crippen LogP contribution in [0.15, 0.2) is 18.2 Å². The molecule has 4 heteroatoms. The molecule has 0 aromatic heterocycles. The minimum atomic E-state index is -0.742. The first-order valence-electron chi connectivity index (χ1n) is 7.45. The number of ether oxygens (including phenoxy) is 1. The van der Waals surface area contributed by atoms with E-state index in [1.165, 1.54) is 11.3 Å². The number of methoxy groups -OCH3 is 1. The van der Waals surface area contributed by atoms with E-state index in [-0.39, 0.29) is 6.04 Å². The average molecular weight is 291 g/mol. The molecule has 0 aliphatic carbocycles. The van der Waals surface area contributed by atoms with Crippen LogP contribution in [0.4, 0.5) is 5.69 Å². The Morgan fingerprint density at radius 3 is 2.67 bits per heavy atom. The van der Waals surface area contributed by atoms with Crippen molar-refractivity contribution in [3.05, 3.63) is 23.8 Å². The van der Waals surface area contributed by atoms with Crippen molar-refractivity contribution in [3.63, 3.8) is 0 Å². The number of fused-ring (bicyclic) bond motifs is 1. The SMILES string of the molecule is COc1cccc2c1CC(CC(C)(C)C(=O)O)N2C(C)C. The van der Waals surface area contributed by atoms with Gasteiger partial charge in [-0.05, 0) is 52.7 Å². The molecule has 1 aromatic rings. The van der Waals surface area contributed by atoms with E-state index in [1.54, 1.807) is 21.0 Å². The lowest BCUT2D eigenvalue weighted by Crippen LogP contribution is -2.42. The van der Waals surface area contributed by atoms with Crippen molar-refractivity contribution in [2.45, 2.75) is 52.6 Å². The third kappa shape index (κ3) is 2.85. The lowest BCUT2D eigenvalue weighted by Gasteiger charge is -2.35. The average Bonchev–Trinajstić information content (AvgIpc) is 2.75. The molecule has 0 saturated heterocycles. The third-order valence-corrected chi connectivity index (χ3v) is 4.32. The summed E-state index contributed by atoms with van der Waals surface area (Å²) in [6.45, 7) is 7.90. The molecule has 1 aromatic carbocycles. The molecule has 0 radical (unpaired) electrons. The van der Waals surface area contributed by atoms with Gasteiger partial charge in [0.15, 0.2) is 0 Å². The van der Waals surface area contributed by atoms with E-state index in [4.69, 9.17) is 4.74 Å². The Morgan fingerprint density at radius 2 is 2.14 bits per heavy atom. The highest BCUT2D eigenvalue weighted by Gasteiger charge is 2.39. The summed E-state index contributed by atoms with van der Waals surface area (Å²) in [7, 11) is 1.68. The molecule has 0 bridgehead atoms. The first-order valence-corrected chi connectivity index (χ1v) is 7.45. The molecule has 1 N–H and O–H groups in total. The maximum absolute atomic E-state index is 11.4. The number of aliphatic carboxylic acids is 1. The van der Waals surface area contributed by atoms with Gasteiger partial charge in [0.2, 0.25) is 0 Å². The minimum Gasteiger partial charge on any atom is -0.496 e. The molecule has 21 heavy (non-hydrogen) atoms. The van der Waals surface area contributed by atoms with E-state index in [9.17, 15) is 9.90 Å². The van der Waals surface area contributed by atoms with Crippen LogP contribution in [0, 0.1) is 5.41 Å². The molecular formula is C17H25NO3. The number of carboxylic acids is 1. The predicted molar refractivity (Wildman–Crippen MR) is 84.1 cm³/mol. The summed E-state index contributed by atoms with van der Waals surface area (Å²) < 4.78 is 5.47. The lowest BCUT2D eigenvalue weighted by molar-refractivity contribution is -0.147. The standard InChI is InChI=1S/C17H25NO3/c1-11(2)18-12(10-17(3,4)16(19)20)9-13-14(18)7-6-8-15(13)21-5/h6-8,11-12H,9-10H2,1-5H3,(H,19,20). The van der Waals surface area contributed by atoms with Gasteiger partial charge in [-0.1, -0.05) is 6.07 Å². The van der Waals surface area contributed by atoms with E-state index >= 15 is 0 Å². The largest absolute Gasteiger partial charge is 0.496 e. The molecule has 0 spiro atoms. The molecule has 1 heterocycles. The van der Waals surface area contributed by atoms with Gasteiger partial charge in [0.25, 0.3) is 0 Å². The van der Waals surface area contributed by atoms with Crippen molar-refractivity contribution < 1.29 is 14.6 Å². The summed E-state index contributed by atoms with van der Waals surface area (Å²) in [6.07, 6.45) is 1.46. The molecule has 1 atom stereocenters. The van der Waals surface area contributed by atoms with Crippen molar-refractivity contribution in [2.75, 3.05) is 12.0 Å². The van der Waals surface area contributed by atoms with E-state index in [0.717, 1.165) is 12.2 Å². The molecule has 116 valence electrons. The molecule has 1 aliphatic rings. The van der Waals surface area contributed by atoms with Crippen LogP contribution in [0.25, 0.3) is 0 Å². The van der Waals surface area contributed by atoms with Gasteiger partial charge in [-0.2, -0.15) is 0 Å². The molecule has 2 rings (SSSR count). The van der Waals surface area contributed by atoms with Crippen LogP contribution in [0.3, 0.4) is 0 Å². The van der Waals surface area contributed by atoms with Gasteiger partial charge >= 0.3 is 5.97 Å². The van der Waals surface area contributed by atoms with Crippen LogP contribution >= 0.6 is 0 Å². The van der Waals surface area contributed by atoms with Gasteiger partial charge in [0.05, 0.1) is 12.5 Å². The summed E-state index contributed by atoms with van der Waals surface area (Å²) >= 11 is 0. The van der Waals surface area contributed by atoms with Crippen LogP contribution in [-0.4, -0.2) is 30.3 Å². The van der Waals surface area contributed by atoms with Crippen molar-refractivity contribution in [3.8, 4) is 5.75 Å². The van der Waals surface area contributed by atoms with Crippen molar-refractivity contribution in [1.82, 2.24) is 0 Å². The zero-order valence-corrected chi connectivity index (χ0v) is 13.5. The number of benzene rings is 1. The van der Waals surface area contributed by atoms with E-state index in [0.29, 0.717) is 12.5 Å². The van der Waals surface area contributed by atoms with Crippen molar-refractivity contribution >= 4 is 11.7 Å². The van der Waals surface area contributed by atoms with Crippen LogP contribution in [0.1, 0.15) is 39.7 Å². The molecule has 4 nitrogen and oxygen atoms in total. The zero-order chi connectivity index (χ0) is 15.8. The van der Waals surface area contributed by atoms with E-state index < -0.39 is 11.4 Å². The second-order valence-corrected chi connectivity index (χ2v) is 6.71. The smallest absolute Gasteiger partial charge is 0.309 e. The fraction of sp³-hybridized carbons (Fsp3) is 0.588. The van der Waals surface area contributed by atoms with Gasteiger partial charge in [-0.3, -0.25) is 4.79 Å². The highest BCUT2D eigenvalue weighted by atomic mass is 16.5. The van der Waals surface area contributed by atoms with E-state index in [2.05, 4.69) is 24.8 Å². The summed E-state index contributed by atoms with van der Waals surface area (Å²) in [6, 6.07) is 6.60. The predicted octanol–water partition coefficient (Wildman–Crippen LogP) is 3.34.